The lowest BCUT2D eigenvalue weighted by molar-refractivity contribution is -0.139. The van der Waals surface area contributed by atoms with Gasteiger partial charge in [-0.05, 0) is 65.4 Å². The average molecular weight is 538 g/mol. The summed E-state index contributed by atoms with van der Waals surface area (Å²) in [7, 11) is 0. The molecule has 0 heterocycles. The quantitative estimate of drug-likeness (QED) is 0.189. The molecule has 1 atom stereocenters. The van der Waals surface area contributed by atoms with Crippen molar-refractivity contribution in [1.29, 1.82) is 0 Å². The Morgan fingerprint density at radius 2 is 1.35 bits per heavy atom. The van der Waals surface area contributed by atoms with Crippen LogP contribution in [0.25, 0.3) is 0 Å². The zero-order chi connectivity index (χ0) is 28.2. The van der Waals surface area contributed by atoms with Gasteiger partial charge in [0.25, 0.3) is 5.91 Å². The van der Waals surface area contributed by atoms with Crippen LogP contribution in [0.2, 0.25) is 0 Å². The second-order valence-corrected chi connectivity index (χ2v) is 9.72. The van der Waals surface area contributed by atoms with Crippen LogP contribution in [0.15, 0.2) is 103 Å². The number of amides is 1. The summed E-state index contributed by atoms with van der Waals surface area (Å²) >= 11 is 0. The second kappa shape index (κ2) is 14.5. The lowest BCUT2D eigenvalue weighted by Crippen LogP contribution is -2.42. The summed E-state index contributed by atoms with van der Waals surface area (Å²) in [5.74, 6) is -0.345. The number of carboxylic acids is 1. The molecule has 4 aromatic rings. The number of ether oxygens (including phenoxy) is 2. The van der Waals surface area contributed by atoms with Crippen molar-refractivity contribution in [1.82, 2.24) is 5.32 Å². The van der Waals surface area contributed by atoms with Crippen molar-refractivity contribution < 1.29 is 24.2 Å². The molecule has 0 aliphatic rings. The third-order valence-electron chi connectivity index (χ3n) is 6.56. The molecule has 6 heteroatoms. The number of aliphatic carboxylic acids is 1. The molecular formula is C34H35NO5. The Kier molecular flexibility index (Phi) is 10.3. The van der Waals surface area contributed by atoms with Gasteiger partial charge in [0, 0.05) is 12.0 Å². The standard InChI is InChI=1S/C34H35NO5/c1-2-3-8-25-13-15-28(16-14-25)24-40-31-12-7-11-29(22-31)33(36)35-32(34(37)38)21-26-17-19-30(20-18-26)39-23-27-9-5-4-6-10-27/h4-7,9-20,22,32H,2-3,8,21,23-24H2,1H3,(H,35,36)(H,37,38)/t32-/m0/s1. The first-order chi connectivity index (χ1) is 19.5. The molecule has 4 aromatic carbocycles. The molecule has 4 rings (SSSR count). The van der Waals surface area contributed by atoms with E-state index in [2.05, 4.69) is 36.5 Å². The Hall–Kier alpha value is -4.58. The maximum atomic E-state index is 12.9. The van der Waals surface area contributed by atoms with Gasteiger partial charge in [-0.2, -0.15) is 0 Å². The Labute approximate surface area is 235 Å². The van der Waals surface area contributed by atoms with Gasteiger partial charge in [-0.3, -0.25) is 4.79 Å². The molecular weight excluding hydrogens is 502 g/mol. The Morgan fingerprint density at radius 1 is 0.725 bits per heavy atom. The minimum atomic E-state index is -1.10. The molecule has 0 saturated heterocycles. The molecule has 2 N–H and O–H groups in total. The minimum absolute atomic E-state index is 0.143. The van der Waals surface area contributed by atoms with Crippen molar-refractivity contribution >= 4 is 11.9 Å². The van der Waals surface area contributed by atoms with Gasteiger partial charge in [-0.15, -0.1) is 0 Å². The summed E-state index contributed by atoms with van der Waals surface area (Å²) in [6.45, 7) is 3.00. The summed E-state index contributed by atoms with van der Waals surface area (Å²) in [4.78, 5) is 24.9. The topological polar surface area (TPSA) is 84.9 Å². The maximum Gasteiger partial charge on any atom is 0.326 e. The molecule has 206 valence electrons. The highest BCUT2D eigenvalue weighted by molar-refractivity contribution is 5.97. The summed E-state index contributed by atoms with van der Waals surface area (Å²) in [6.07, 6.45) is 3.55. The van der Waals surface area contributed by atoms with Crippen LogP contribution in [0.3, 0.4) is 0 Å². The fourth-order valence-electron chi connectivity index (χ4n) is 4.22. The minimum Gasteiger partial charge on any atom is -0.489 e. The smallest absolute Gasteiger partial charge is 0.326 e. The summed E-state index contributed by atoms with van der Waals surface area (Å²) in [6, 6.07) is 31.1. The van der Waals surface area contributed by atoms with Gasteiger partial charge in [0.15, 0.2) is 0 Å². The molecule has 0 fully saturated rings. The van der Waals surface area contributed by atoms with Crippen LogP contribution < -0.4 is 14.8 Å². The SMILES string of the molecule is CCCCc1ccc(COc2cccc(C(=O)N[C@@H](Cc3ccc(OCc4ccccc4)cc3)C(=O)O)c2)cc1. The molecule has 0 aromatic heterocycles. The zero-order valence-electron chi connectivity index (χ0n) is 22.7. The number of rotatable bonds is 14. The maximum absolute atomic E-state index is 12.9. The van der Waals surface area contributed by atoms with E-state index in [-0.39, 0.29) is 6.42 Å². The van der Waals surface area contributed by atoms with E-state index in [9.17, 15) is 14.7 Å². The van der Waals surface area contributed by atoms with Gasteiger partial charge < -0.3 is 19.9 Å². The number of unbranched alkanes of at least 4 members (excludes halogenated alkanes) is 1. The second-order valence-electron chi connectivity index (χ2n) is 9.72. The fourth-order valence-corrected chi connectivity index (χ4v) is 4.22. The first kappa shape index (κ1) is 28.4. The van der Waals surface area contributed by atoms with E-state index in [4.69, 9.17) is 9.47 Å². The Balaban J connectivity index is 1.30. The third kappa shape index (κ3) is 8.73. The highest BCUT2D eigenvalue weighted by Crippen LogP contribution is 2.18. The van der Waals surface area contributed by atoms with Crippen molar-refractivity contribution in [3.8, 4) is 11.5 Å². The number of carbonyl (C=O) groups excluding carboxylic acids is 1. The number of carbonyl (C=O) groups is 2. The van der Waals surface area contributed by atoms with Crippen LogP contribution in [0.4, 0.5) is 0 Å². The van der Waals surface area contributed by atoms with Gasteiger partial charge in [0.2, 0.25) is 0 Å². The molecule has 0 spiro atoms. The Bertz CT molecular complexity index is 1370. The summed E-state index contributed by atoms with van der Waals surface area (Å²) in [5, 5.41) is 12.4. The van der Waals surface area contributed by atoms with E-state index < -0.39 is 17.9 Å². The number of carboxylic acid groups (broad SMARTS) is 1. The van der Waals surface area contributed by atoms with Gasteiger partial charge in [-0.1, -0.05) is 86.1 Å². The molecule has 0 unspecified atom stereocenters. The van der Waals surface area contributed by atoms with E-state index >= 15 is 0 Å². The monoisotopic (exact) mass is 537 g/mol. The molecule has 1 amide bonds. The van der Waals surface area contributed by atoms with Crippen LogP contribution in [0.1, 0.15) is 52.4 Å². The highest BCUT2D eigenvalue weighted by atomic mass is 16.5. The van der Waals surface area contributed by atoms with Crippen LogP contribution >= 0.6 is 0 Å². The van der Waals surface area contributed by atoms with Gasteiger partial charge in [0.1, 0.15) is 30.8 Å². The fraction of sp³-hybridized carbons (Fsp3) is 0.235. The summed E-state index contributed by atoms with van der Waals surface area (Å²) in [5.41, 5.74) is 4.52. The highest BCUT2D eigenvalue weighted by Gasteiger charge is 2.21. The number of nitrogens with one attached hydrogen (secondary N) is 1. The van der Waals surface area contributed by atoms with E-state index in [0.29, 0.717) is 30.3 Å². The van der Waals surface area contributed by atoms with Gasteiger partial charge in [-0.25, -0.2) is 4.79 Å². The Morgan fingerprint density at radius 3 is 2.02 bits per heavy atom. The lowest BCUT2D eigenvalue weighted by Gasteiger charge is -2.16. The first-order valence-corrected chi connectivity index (χ1v) is 13.6. The van der Waals surface area contributed by atoms with Crippen LogP contribution in [0.5, 0.6) is 11.5 Å². The van der Waals surface area contributed by atoms with Crippen molar-refractivity contribution in [2.75, 3.05) is 0 Å². The summed E-state index contributed by atoms with van der Waals surface area (Å²) < 4.78 is 11.7. The third-order valence-corrected chi connectivity index (χ3v) is 6.56. The van der Waals surface area contributed by atoms with Crippen molar-refractivity contribution in [2.45, 2.75) is 51.9 Å². The van der Waals surface area contributed by atoms with Crippen molar-refractivity contribution in [2.24, 2.45) is 0 Å². The van der Waals surface area contributed by atoms with E-state index in [0.717, 1.165) is 23.1 Å². The van der Waals surface area contributed by atoms with Crippen LogP contribution in [-0.4, -0.2) is 23.0 Å². The number of benzene rings is 4. The zero-order valence-corrected chi connectivity index (χ0v) is 22.7. The molecule has 0 saturated carbocycles. The van der Waals surface area contributed by atoms with E-state index in [1.54, 1.807) is 36.4 Å². The molecule has 0 radical (unpaired) electrons. The predicted octanol–water partition coefficient (Wildman–Crippen LogP) is 6.61. The largest absolute Gasteiger partial charge is 0.489 e. The predicted molar refractivity (Wildman–Crippen MR) is 156 cm³/mol. The van der Waals surface area contributed by atoms with Crippen LogP contribution in [-0.2, 0) is 30.8 Å². The molecule has 0 bridgehead atoms. The van der Waals surface area contributed by atoms with Crippen molar-refractivity contribution in [3.63, 3.8) is 0 Å². The molecule has 0 aliphatic heterocycles. The van der Waals surface area contributed by atoms with Crippen molar-refractivity contribution in [3.05, 3.63) is 131 Å². The van der Waals surface area contributed by atoms with Gasteiger partial charge >= 0.3 is 5.97 Å². The van der Waals surface area contributed by atoms with Crippen LogP contribution in [0, 0.1) is 0 Å². The number of hydrogen-bond acceptors (Lipinski definition) is 4. The molecule has 40 heavy (non-hydrogen) atoms. The van der Waals surface area contributed by atoms with E-state index in [1.807, 2.05) is 42.5 Å². The molecule has 6 nitrogen and oxygen atoms in total. The first-order valence-electron chi connectivity index (χ1n) is 13.6. The lowest BCUT2D eigenvalue weighted by atomic mass is 10.1. The van der Waals surface area contributed by atoms with Gasteiger partial charge in [0.05, 0.1) is 0 Å². The van der Waals surface area contributed by atoms with E-state index in [1.165, 1.54) is 18.4 Å². The normalized spacial score (nSPS) is 11.4. The molecule has 0 aliphatic carbocycles. The number of aryl methyl sites for hydroxylation is 1. The average Bonchev–Trinajstić information content (AvgIpc) is 2.99. The number of hydrogen-bond donors (Lipinski definition) is 2.